The molecule has 1 atom stereocenters. The molecule has 1 N–H and O–H groups in total. The maximum Gasteiger partial charge on any atom is 0.162 e. The minimum Gasteiger partial charge on any atom is -0.508 e. The molecule has 0 amide bonds. The van der Waals surface area contributed by atoms with E-state index in [0.717, 1.165) is 54.6 Å². The molecule has 0 radical (unpaired) electrons. The number of fused-ring (bicyclic) bond motifs is 4. The average Bonchev–Trinajstić information content (AvgIpc) is 3.72. The first-order chi connectivity index (χ1) is 29.3. The Kier molecular flexibility index (Phi) is 11.9. The van der Waals surface area contributed by atoms with Gasteiger partial charge in [-0.3, -0.25) is 9.56 Å². The molecular weight excluding hydrogens is 759 g/mol. The third kappa shape index (κ3) is 8.66. The van der Waals surface area contributed by atoms with Crippen LogP contribution in [-0.4, -0.2) is 76.3 Å². The maximum atomic E-state index is 9.19. The number of rotatable bonds is 7. The Morgan fingerprint density at radius 3 is 1.95 bits per heavy atom. The summed E-state index contributed by atoms with van der Waals surface area (Å²) in [7, 11) is 0. The number of thiophene rings is 1. The van der Waals surface area contributed by atoms with Crippen molar-refractivity contribution in [1.82, 2.24) is 19.7 Å². The number of likely N-dealkylation sites (tertiary alicyclic amines) is 1. The molecule has 0 saturated carbocycles. The average molecular weight is 818 g/mol. The van der Waals surface area contributed by atoms with Crippen molar-refractivity contribution in [3.63, 3.8) is 0 Å². The van der Waals surface area contributed by atoms with E-state index >= 15 is 0 Å². The Labute approximate surface area is 360 Å². The van der Waals surface area contributed by atoms with Crippen molar-refractivity contribution in [3.05, 3.63) is 154 Å². The summed E-state index contributed by atoms with van der Waals surface area (Å²) in [5.74, 6) is 4.81. The molecule has 9 heteroatoms. The molecule has 11 rings (SSSR count). The number of aryl methyl sites for hydroxylation is 4. The summed E-state index contributed by atoms with van der Waals surface area (Å²) in [5, 5.41) is 19.3. The lowest BCUT2D eigenvalue weighted by Crippen LogP contribution is -2.57. The second kappa shape index (κ2) is 17.8. The fraction of sp³-hybridized carbons (Fsp3) is 0.392. The number of phenols is 1. The molecule has 3 fully saturated rings. The quantitative estimate of drug-likeness (QED) is 0.173. The van der Waals surface area contributed by atoms with E-state index in [1.165, 1.54) is 107 Å². The predicted octanol–water partition coefficient (Wildman–Crippen LogP) is 10.0. The van der Waals surface area contributed by atoms with Gasteiger partial charge in [0.1, 0.15) is 22.6 Å². The molecule has 60 heavy (non-hydrogen) atoms. The largest absolute Gasteiger partial charge is 0.508 e. The summed E-state index contributed by atoms with van der Waals surface area (Å²) >= 11 is 1.82. The number of aromatic nitrogens is 3. The van der Waals surface area contributed by atoms with Crippen LogP contribution in [0.25, 0.3) is 5.00 Å². The highest BCUT2D eigenvalue weighted by Crippen LogP contribution is 2.39. The van der Waals surface area contributed by atoms with Gasteiger partial charge < -0.3 is 19.8 Å². The summed E-state index contributed by atoms with van der Waals surface area (Å²) in [6, 6.07) is 37.7. The number of aromatic hydroxyl groups is 1. The molecule has 6 heterocycles. The minimum atomic E-state index is -0.0508. The molecule has 0 unspecified atom stereocenters. The molecule has 0 bridgehead atoms. The SMILES string of the molecule is Cc1sc2c(c1C)C(c1ccc(N3CC(CN4CC(CC5CN(c6ccccc6)C5)C4)C3)cc1)=N[C@@H](C)c1nnc(C)n1-2.Oc1ccc2c(c1)CCCC2.c1ccccc1. The Balaban J connectivity index is 0.000000224. The third-order valence-electron chi connectivity index (χ3n) is 13.1. The maximum absolute atomic E-state index is 9.19. The normalized spacial score (nSPS) is 18.8. The van der Waals surface area contributed by atoms with E-state index in [1.807, 2.05) is 66.8 Å². The van der Waals surface area contributed by atoms with E-state index in [4.69, 9.17) is 4.99 Å². The van der Waals surface area contributed by atoms with Crippen LogP contribution in [0.1, 0.15) is 76.6 Å². The molecule has 4 aliphatic heterocycles. The van der Waals surface area contributed by atoms with Gasteiger partial charge in [0.2, 0.25) is 0 Å². The van der Waals surface area contributed by atoms with E-state index < -0.39 is 0 Å². The van der Waals surface area contributed by atoms with Crippen LogP contribution < -0.4 is 9.80 Å². The highest BCUT2D eigenvalue weighted by Gasteiger charge is 2.37. The van der Waals surface area contributed by atoms with Gasteiger partial charge in [0.25, 0.3) is 0 Å². The first-order valence-corrected chi connectivity index (χ1v) is 22.9. The number of nitrogens with zero attached hydrogens (tertiary/aromatic N) is 7. The van der Waals surface area contributed by atoms with Crippen LogP contribution in [0.3, 0.4) is 0 Å². The number of anilines is 2. The Morgan fingerprint density at radius 1 is 0.667 bits per heavy atom. The number of phenolic OH excluding ortho intramolecular Hbond substituents is 1. The van der Waals surface area contributed by atoms with Crippen molar-refractivity contribution in [1.29, 1.82) is 0 Å². The van der Waals surface area contributed by atoms with Crippen LogP contribution in [0.4, 0.5) is 11.4 Å². The van der Waals surface area contributed by atoms with Crippen molar-refractivity contribution < 1.29 is 5.11 Å². The van der Waals surface area contributed by atoms with Crippen LogP contribution in [0.2, 0.25) is 0 Å². The van der Waals surface area contributed by atoms with E-state index in [2.05, 4.69) is 105 Å². The summed E-state index contributed by atoms with van der Waals surface area (Å²) in [4.78, 5) is 14.3. The van der Waals surface area contributed by atoms with E-state index in [1.54, 1.807) is 6.07 Å². The fourth-order valence-corrected chi connectivity index (χ4v) is 10.9. The summed E-state index contributed by atoms with van der Waals surface area (Å²) in [5.41, 5.74) is 10.3. The standard InChI is InChI=1S/C35H41N7S.C10H12O.C6H6/c1-22-24(3)43-35-32(22)33(36-23(2)34-38-37-25(4)42(34)35)29-10-12-31(13-11-29)41-20-28(21-41)17-39-15-26(16-39)14-27-18-40(19-27)30-8-6-5-7-9-30;11-10-6-5-8-3-1-2-4-9(8)7-10;1-2-4-6-5-3-1/h5-13,23,26-28H,14-21H2,1-4H3;5-7,11H,1-4H2;1-6H/t23-;;/m0../s1. The second-order valence-corrected chi connectivity index (χ2v) is 18.8. The van der Waals surface area contributed by atoms with Gasteiger partial charge in [0.15, 0.2) is 5.82 Å². The molecule has 310 valence electrons. The molecular formula is C51H59N7OS. The molecule has 1 aliphatic carbocycles. The first kappa shape index (κ1) is 40.2. The van der Waals surface area contributed by atoms with Gasteiger partial charge in [-0.05, 0) is 125 Å². The lowest BCUT2D eigenvalue weighted by atomic mass is 9.83. The van der Waals surface area contributed by atoms with Crippen LogP contribution in [0, 0.1) is 38.5 Å². The van der Waals surface area contributed by atoms with Gasteiger partial charge in [-0.25, -0.2) is 0 Å². The minimum absolute atomic E-state index is 0.0508. The predicted molar refractivity (Wildman–Crippen MR) is 248 cm³/mol. The number of benzene rings is 4. The zero-order chi connectivity index (χ0) is 41.2. The van der Waals surface area contributed by atoms with Gasteiger partial charge in [-0.1, -0.05) is 72.8 Å². The van der Waals surface area contributed by atoms with Crippen molar-refractivity contribution >= 4 is 28.4 Å². The topological polar surface area (TPSA) is 73.0 Å². The van der Waals surface area contributed by atoms with E-state index in [-0.39, 0.29) is 6.04 Å². The summed E-state index contributed by atoms with van der Waals surface area (Å²) < 4.78 is 2.21. The molecule has 5 aliphatic rings. The Bertz CT molecular complexity index is 2360. The third-order valence-corrected chi connectivity index (χ3v) is 14.3. The van der Waals surface area contributed by atoms with Gasteiger partial charge >= 0.3 is 0 Å². The molecule has 0 spiro atoms. The fourth-order valence-electron chi connectivity index (χ4n) is 9.69. The highest BCUT2D eigenvalue weighted by molar-refractivity contribution is 7.15. The van der Waals surface area contributed by atoms with Crippen molar-refractivity contribution in [2.45, 2.75) is 65.8 Å². The zero-order valence-electron chi connectivity index (χ0n) is 35.7. The monoisotopic (exact) mass is 817 g/mol. The Morgan fingerprint density at radius 2 is 1.27 bits per heavy atom. The number of aliphatic imine (C=N–C) groups is 1. The molecule has 3 saturated heterocycles. The number of para-hydroxylation sites is 1. The summed E-state index contributed by atoms with van der Waals surface area (Å²) in [6.45, 7) is 17.2. The van der Waals surface area contributed by atoms with Gasteiger partial charge in [-0.15, -0.1) is 21.5 Å². The Hall–Kier alpha value is -5.25. The second-order valence-electron chi connectivity index (χ2n) is 17.6. The van der Waals surface area contributed by atoms with Crippen LogP contribution in [-0.2, 0) is 12.8 Å². The lowest BCUT2D eigenvalue weighted by molar-refractivity contribution is 0.0570. The van der Waals surface area contributed by atoms with Crippen molar-refractivity contribution in [2.75, 3.05) is 55.6 Å². The van der Waals surface area contributed by atoms with Crippen LogP contribution in [0.5, 0.6) is 5.75 Å². The molecule has 4 aromatic carbocycles. The van der Waals surface area contributed by atoms with E-state index in [9.17, 15) is 5.11 Å². The molecule has 2 aromatic heterocycles. The smallest absolute Gasteiger partial charge is 0.162 e. The summed E-state index contributed by atoms with van der Waals surface area (Å²) in [6.07, 6.45) is 6.31. The molecule has 6 aromatic rings. The number of hydrogen-bond donors (Lipinski definition) is 1. The van der Waals surface area contributed by atoms with Crippen molar-refractivity contribution in [2.24, 2.45) is 22.7 Å². The van der Waals surface area contributed by atoms with Crippen LogP contribution >= 0.6 is 11.3 Å². The van der Waals surface area contributed by atoms with Gasteiger partial charge in [-0.2, -0.15) is 0 Å². The first-order valence-electron chi connectivity index (χ1n) is 22.1. The van der Waals surface area contributed by atoms with Crippen molar-refractivity contribution in [3.8, 4) is 10.8 Å². The lowest BCUT2D eigenvalue weighted by Gasteiger charge is -2.49. The molecule has 8 nitrogen and oxygen atoms in total. The van der Waals surface area contributed by atoms with Gasteiger partial charge in [0, 0.05) is 79.1 Å². The van der Waals surface area contributed by atoms with E-state index in [0.29, 0.717) is 5.75 Å². The number of hydrogen-bond acceptors (Lipinski definition) is 8. The zero-order valence-corrected chi connectivity index (χ0v) is 36.5. The highest BCUT2D eigenvalue weighted by atomic mass is 32.1. The van der Waals surface area contributed by atoms with Gasteiger partial charge in [0.05, 0.1) is 5.71 Å². The van der Waals surface area contributed by atoms with Crippen LogP contribution in [0.15, 0.2) is 114 Å².